The number of benzene rings is 1. The molecule has 0 aliphatic carbocycles. The summed E-state index contributed by atoms with van der Waals surface area (Å²) in [6.07, 6.45) is 7.73. The molecule has 0 spiro atoms. The maximum Gasteiger partial charge on any atom is 0.327 e. The molecule has 0 saturated heterocycles. The first-order valence-corrected chi connectivity index (χ1v) is 7.78. The van der Waals surface area contributed by atoms with Crippen molar-refractivity contribution in [2.45, 2.75) is 19.0 Å². The van der Waals surface area contributed by atoms with Crippen LogP contribution in [0.25, 0.3) is 5.69 Å². The number of nitrogens with zero attached hydrogens (tertiary/aromatic N) is 4. The molecule has 0 radical (unpaired) electrons. The van der Waals surface area contributed by atoms with Crippen molar-refractivity contribution in [2.75, 3.05) is 6.54 Å². The Balaban J connectivity index is 1.55. The lowest BCUT2D eigenvalue weighted by atomic mass is 10.0. The van der Waals surface area contributed by atoms with Crippen LogP contribution < -0.4 is 0 Å². The minimum absolute atomic E-state index is 0.577. The molecule has 0 amide bonds. The summed E-state index contributed by atoms with van der Waals surface area (Å²) in [5, 5.41) is 9.62. The largest absolute Gasteiger partial charge is 0.480 e. The third-order valence-electron chi connectivity index (χ3n) is 4.38. The smallest absolute Gasteiger partial charge is 0.327 e. The van der Waals surface area contributed by atoms with Gasteiger partial charge in [0, 0.05) is 43.3 Å². The Morgan fingerprint density at radius 2 is 2.17 bits per heavy atom. The van der Waals surface area contributed by atoms with E-state index in [9.17, 15) is 9.90 Å². The molecule has 3 heterocycles. The predicted molar refractivity (Wildman–Crippen MR) is 86.6 cm³/mol. The van der Waals surface area contributed by atoms with E-state index in [1.807, 2.05) is 39.9 Å². The van der Waals surface area contributed by atoms with Crippen molar-refractivity contribution in [1.29, 1.82) is 0 Å². The lowest BCUT2D eigenvalue weighted by Gasteiger charge is -2.32. The summed E-state index contributed by atoms with van der Waals surface area (Å²) in [6.45, 7) is 1.27. The minimum Gasteiger partial charge on any atom is -0.480 e. The van der Waals surface area contributed by atoms with Gasteiger partial charge in [-0.05, 0) is 17.7 Å². The number of rotatable bonds is 4. The third kappa shape index (κ3) is 2.59. The summed E-state index contributed by atoms with van der Waals surface area (Å²) in [6, 6.07) is 7.36. The van der Waals surface area contributed by atoms with Crippen LogP contribution in [0.4, 0.5) is 0 Å². The zero-order valence-electron chi connectivity index (χ0n) is 13.0. The number of H-pyrrole nitrogens is 1. The third-order valence-corrected chi connectivity index (χ3v) is 4.38. The van der Waals surface area contributed by atoms with Gasteiger partial charge in [-0.3, -0.25) is 9.69 Å². The lowest BCUT2D eigenvalue weighted by Crippen LogP contribution is -2.39. The van der Waals surface area contributed by atoms with Crippen molar-refractivity contribution in [3.63, 3.8) is 0 Å². The number of fused-ring (bicyclic) bond motifs is 1. The number of carboxylic acid groups (broad SMARTS) is 1. The molecule has 7 nitrogen and oxygen atoms in total. The van der Waals surface area contributed by atoms with Gasteiger partial charge in [-0.1, -0.05) is 12.1 Å². The highest BCUT2D eigenvalue weighted by molar-refractivity contribution is 5.75. The molecule has 24 heavy (non-hydrogen) atoms. The van der Waals surface area contributed by atoms with E-state index in [0.29, 0.717) is 18.8 Å². The van der Waals surface area contributed by atoms with Gasteiger partial charge >= 0.3 is 5.97 Å². The van der Waals surface area contributed by atoms with Crippen LogP contribution in [0.5, 0.6) is 0 Å². The number of nitrogens with one attached hydrogen (secondary N) is 1. The van der Waals surface area contributed by atoms with E-state index >= 15 is 0 Å². The molecular weight excluding hydrogens is 306 g/mol. The van der Waals surface area contributed by atoms with Gasteiger partial charge in [0.05, 0.1) is 18.3 Å². The zero-order valence-corrected chi connectivity index (χ0v) is 13.0. The SMILES string of the molecule is O=C(O)[C@@H]1c2nc[nH]c2CCN1Cc1ccc(-n2ccnc2)cc1. The summed E-state index contributed by atoms with van der Waals surface area (Å²) >= 11 is 0. The highest BCUT2D eigenvalue weighted by atomic mass is 16.4. The van der Waals surface area contributed by atoms with E-state index in [-0.39, 0.29) is 0 Å². The van der Waals surface area contributed by atoms with E-state index < -0.39 is 12.0 Å². The molecule has 2 aromatic heterocycles. The van der Waals surface area contributed by atoms with Crippen molar-refractivity contribution in [2.24, 2.45) is 0 Å². The van der Waals surface area contributed by atoms with Crippen LogP contribution >= 0.6 is 0 Å². The van der Waals surface area contributed by atoms with Gasteiger partial charge in [-0.25, -0.2) is 9.97 Å². The van der Waals surface area contributed by atoms with Crippen LogP contribution in [0, 0.1) is 0 Å². The van der Waals surface area contributed by atoms with E-state index in [1.54, 1.807) is 18.9 Å². The van der Waals surface area contributed by atoms with Crippen molar-refractivity contribution < 1.29 is 9.90 Å². The fraction of sp³-hybridized carbons (Fsp3) is 0.235. The Hall–Kier alpha value is -2.93. The number of imidazole rings is 2. The van der Waals surface area contributed by atoms with Gasteiger partial charge in [0.25, 0.3) is 0 Å². The summed E-state index contributed by atoms with van der Waals surface area (Å²) < 4.78 is 1.93. The summed E-state index contributed by atoms with van der Waals surface area (Å²) in [4.78, 5) is 25.0. The second-order valence-corrected chi connectivity index (χ2v) is 5.86. The molecule has 1 aliphatic heterocycles. The molecule has 0 bridgehead atoms. The number of carbonyl (C=O) groups is 1. The van der Waals surface area contributed by atoms with E-state index in [2.05, 4.69) is 15.0 Å². The van der Waals surface area contributed by atoms with Crippen molar-refractivity contribution in [3.05, 3.63) is 66.3 Å². The molecule has 2 N–H and O–H groups in total. The fourth-order valence-electron chi connectivity index (χ4n) is 3.19. The second-order valence-electron chi connectivity index (χ2n) is 5.86. The number of aromatic amines is 1. The first-order chi connectivity index (χ1) is 11.7. The lowest BCUT2D eigenvalue weighted by molar-refractivity contribution is -0.144. The fourth-order valence-corrected chi connectivity index (χ4v) is 3.19. The van der Waals surface area contributed by atoms with Crippen LogP contribution in [0.15, 0.2) is 49.3 Å². The molecule has 1 atom stereocenters. The first-order valence-electron chi connectivity index (χ1n) is 7.78. The topological polar surface area (TPSA) is 87.0 Å². The van der Waals surface area contributed by atoms with Gasteiger partial charge in [-0.15, -0.1) is 0 Å². The minimum atomic E-state index is -0.863. The molecule has 1 aromatic carbocycles. The second kappa shape index (κ2) is 5.93. The highest BCUT2D eigenvalue weighted by Gasteiger charge is 2.34. The monoisotopic (exact) mass is 323 g/mol. The maximum absolute atomic E-state index is 11.7. The number of hydrogen-bond acceptors (Lipinski definition) is 4. The average Bonchev–Trinajstić information content (AvgIpc) is 3.26. The Bertz CT molecular complexity index is 838. The number of aromatic nitrogens is 4. The van der Waals surface area contributed by atoms with Gasteiger partial charge in [-0.2, -0.15) is 0 Å². The van der Waals surface area contributed by atoms with Gasteiger partial charge in [0.2, 0.25) is 0 Å². The van der Waals surface area contributed by atoms with Crippen LogP contribution in [0.3, 0.4) is 0 Å². The normalized spacial score (nSPS) is 17.6. The van der Waals surface area contributed by atoms with Crippen LogP contribution in [0.2, 0.25) is 0 Å². The Morgan fingerprint density at radius 3 is 2.88 bits per heavy atom. The van der Waals surface area contributed by atoms with Crippen LogP contribution in [-0.4, -0.2) is 42.0 Å². The Labute approximate surface area is 138 Å². The quantitative estimate of drug-likeness (QED) is 0.764. The standard InChI is InChI=1S/C17H17N5O2/c23-17(24)16-15-14(19-10-20-15)5-7-21(16)9-12-1-3-13(4-2-12)22-8-6-18-11-22/h1-4,6,8,10-11,16H,5,7,9H2,(H,19,20)(H,23,24)/t16-/m0/s1. The highest BCUT2D eigenvalue weighted by Crippen LogP contribution is 2.29. The van der Waals surface area contributed by atoms with E-state index in [0.717, 1.165) is 23.4 Å². The number of hydrogen-bond donors (Lipinski definition) is 2. The first kappa shape index (κ1) is 14.6. The molecule has 7 heteroatoms. The van der Waals surface area contributed by atoms with Crippen molar-refractivity contribution in [1.82, 2.24) is 24.4 Å². The predicted octanol–water partition coefficient (Wildman–Crippen LogP) is 1.78. The van der Waals surface area contributed by atoms with Gasteiger partial charge < -0.3 is 14.7 Å². The Kier molecular flexibility index (Phi) is 3.62. The van der Waals surface area contributed by atoms with Crippen LogP contribution in [-0.2, 0) is 17.8 Å². The molecule has 0 fully saturated rings. The summed E-state index contributed by atoms with van der Waals surface area (Å²) in [5.41, 5.74) is 3.65. The molecule has 122 valence electrons. The number of aliphatic carboxylic acids is 1. The number of carboxylic acids is 1. The van der Waals surface area contributed by atoms with Crippen LogP contribution in [0.1, 0.15) is 23.0 Å². The van der Waals surface area contributed by atoms with Crippen molar-refractivity contribution >= 4 is 5.97 Å². The molecule has 0 saturated carbocycles. The van der Waals surface area contributed by atoms with E-state index in [1.165, 1.54) is 0 Å². The molecule has 4 rings (SSSR count). The maximum atomic E-state index is 11.7. The average molecular weight is 323 g/mol. The molecule has 1 aliphatic rings. The van der Waals surface area contributed by atoms with Gasteiger partial charge in [0.15, 0.2) is 6.04 Å². The molecular formula is C17H17N5O2. The van der Waals surface area contributed by atoms with Crippen molar-refractivity contribution in [3.8, 4) is 5.69 Å². The summed E-state index contributed by atoms with van der Waals surface area (Å²) in [5.74, 6) is -0.863. The van der Waals surface area contributed by atoms with Gasteiger partial charge in [0.1, 0.15) is 0 Å². The summed E-state index contributed by atoms with van der Waals surface area (Å²) in [7, 11) is 0. The van der Waals surface area contributed by atoms with E-state index in [4.69, 9.17) is 0 Å². The Morgan fingerprint density at radius 1 is 1.33 bits per heavy atom. The molecule has 0 unspecified atom stereocenters. The zero-order chi connectivity index (χ0) is 16.5. The molecule has 3 aromatic rings.